The van der Waals surface area contributed by atoms with E-state index in [-0.39, 0.29) is 12.5 Å². The van der Waals surface area contributed by atoms with Crippen LogP contribution in [-0.4, -0.2) is 51.5 Å². The number of carbonyl (C=O) groups is 1. The van der Waals surface area contributed by atoms with Crippen molar-refractivity contribution in [2.24, 2.45) is 0 Å². The third-order valence-electron chi connectivity index (χ3n) is 8.37. The lowest BCUT2D eigenvalue weighted by molar-refractivity contribution is 0.0943. The van der Waals surface area contributed by atoms with Gasteiger partial charge in [-0.1, -0.05) is 72.8 Å². The number of ether oxygens (including phenoxy) is 1. The number of hydrogen-bond acceptors (Lipinski definition) is 6. The van der Waals surface area contributed by atoms with Crippen LogP contribution < -0.4 is 15.4 Å². The number of benzene rings is 4. The summed E-state index contributed by atoms with van der Waals surface area (Å²) < 4.78 is 7.57. The van der Waals surface area contributed by atoms with E-state index in [4.69, 9.17) is 9.84 Å². The molecule has 3 N–H and O–H groups in total. The molecule has 8 nitrogen and oxygen atoms in total. The average Bonchev–Trinajstić information content (AvgIpc) is 3.59. The molecule has 2 heterocycles. The van der Waals surface area contributed by atoms with Gasteiger partial charge in [-0.05, 0) is 47.2 Å². The quantitative estimate of drug-likeness (QED) is 0.205. The Labute approximate surface area is 252 Å². The van der Waals surface area contributed by atoms with Gasteiger partial charge in [0.15, 0.2) is 5.69 Å². The lowest BCUT2D eigenvalue weighted by atomic mass is 10.0. The SMILES string of the molecule is COc1ccc(CN2Cc3c(C(=O)NCc4cccc5ccccc45)nn(CCNC(C)(C)CO)c3C2)c2ccccc12. The Morgan fingerprint density at radius 1 is 0.930 bits per heavy atom. The number of aliphatic hydroxyl groups is 1. The predicted octanol–water partition coefficient (Wildman–Crippen LogP) is 5.00. The fourth-order valence-corrected chi connectivity index (χ4v) is 6.00. The Morgan fingerprint density at radius 2 is 1.67 bits per heavy atom. The first-order chi connectivity index (χ1) is 20.9. The van der Waals surface area contributed by atoms with E-state index in [1.165, 1.54) is 10.9 Å². The van der Waals surface area contributed by atoms with Gasteiger partial charge in [-0.25, -0.2) is 0 Å². The topological polar surface area (TPSA) is 91.7 Å². The van der Waals surface area contributed by atoms with Crippen LogP contribution in [0.1, 0.15) is 46.7 Å². The zero-order valence-corrected chi connectivity index (χ0v) is 25.1. The zero-order valence-electron chi connectivity index (χ0n) is 25.1. The van der Waals surface area contributed by atoms with Crippen LogP contribution in [-0.2, 0) is 32.7 Å². The first kappa shape index (κ1) is 28.9. The molecule has 1 aliphatic heterocycles. The maximum absolute atomic E-state index is 13.6. The lowest BCUT2D eigenvalue weighted by Gasteiger charge is -2.23. The molecule has 0 spiro atoms. The number of carbonyl (C=O) groups excluding carboxylic acids is 1. The Bertz CT molecular complexity index is 1770. The standard InChI is InChI=1S/C35H39N5O3/c1-35(2,23-41)37-17-18-40-31-22-39(20-26-15-16-32(43-3)29-14-7-6-13-28(26)29)21-30(31)33(38-40)34(42)36-19-25-11-8-10-24-9-4-5-12-27(24)25/h4-16,37,41H,17-23H2,1-3H3,(H,36,42). The van der Waals surface area contributed by atoms with Gasteiger partial charge in [-0.2, -0.15) is 5.10 Å². The van der Waals surface area contributed by atoms with Crippen molar-refractivity contribution in [1.82, 2.24) is 25.3 Å². The molecule has 1 amide bonds. The molecule has 0 saturated heterocycles. The van der Waals surface area contributed by atoms with Crippen LogP contribution in [0.15, 0.2) is 78.9 Å². The smallest absolute Gasteiger partial charge is 0.272 e. The van der Waals surface area contributed by atoms with Crippen LogP contribution in [0.3, 0.4) is 0 Å². The van der Waals surface area contributed by atoms with Gasteiger partial charge in [-0.15, -0.1) is 0 Å². The highest BCUT2D eigenvalue weighted by atomic mass is 16.5. The van der Waals surface area contributed by atoms with Crippen molar-refractivity contribution < 1.29 is 14.6 Å². The van der Waals surface area contributed by atoms with E-state index in [1.807, 2.05) is 48.9 Å². The molecule has 0 saturated carbocycles. The monoisotopic (exact) mass is 577 g/mol. The number of nitrogens with zero attached hydrogens (tertiary/aromatic N) is 3. The average molecular weight is 578 g/mol. The van der Waals surface area contributed by atoms with E-state index in [1.54, 1.807) is 7.11 Å². The number of aromatic nitrogens is 2. The van der Waals surface area contributed by atoms with Gasteiger partial charge in [0.05, 0.1) is 26.0 Å². The molecule has 6 rings (SSSR count). The molecular weight excluding hydrogens is 538 g/mol. The summed E-state index contributed by atoms with van der Waals surface area (Å²) in [6, 6.07) is 26.9. The molecule has 0 radical (unpaired) electrons. The minimum absolute atomic E-state index is 0.0373. The first-order valence-electron chi connectivity index (χ1n) is 14.8. The summed E-state index contributed by atoms with van der Waals surface area (Å²) in [6.07, 6.45) is 0. The lowest BCUT2D eigenvalue weighted by Crippen LogP contribution is -2.44. The van der Waals surface area contributed by atoms with E-state index < -0.39 is 5.54 Å². The molecule has 8 heteroatoms. The highest BCUT2D eigenvalue weighted by Crippen LogP contribution is 2.32. The maximum Gasteiger partial charge on any atom is 0.272 e. The molecule has 0 aliphatic carbocycles. The molecule has 0 fully saturated rings. The van der Waals surface area contributed by atoms with Gasteiger partial charge >= 0.3 is 0 Å². The Morgan fingerprint density at radius 3 is 2.47 bits per heavy atom. The van der Waals surface area contributed by atoms with Crippen LogP contribution in [0.4, 0.5) is 0 Å². The molecule has 4 aromatic carbocycles. The van der Waals surface area contributed by atoms with Gasteiger partial charge < -0.3 is 20.5 Å². The normalized spacial score (nSPS) is 13.5. The largest absolute Gasteiger partial charge is 0.496 e. The minimum Gasteiger partial charge on any atom is -0.496 e. The van der Waals surface area contributed by atoms with Gasteiger partial charge in [0.25, 0.3) is 5.91 Å². The van der Waals surface area contributed by atoms with Crippen LogP contribution in [0, 0.1) is 0 Å². The molecule has 5 aromatic rings. The Kier molecular flexibility index (Phi) is 8.17. The summed E-state index contributed by atoms with van der Waals surface area (Å²) in [5.74, 6) is 0.700. The van der Waals surface area contributed by atoms with E-state index in [2.05, 4.69) is 64.1 Å². The van der Waals surface area contributed by atoms with E-state index >= 15 is 0 Å². The van der Waals surface area contributed by atoms with E-state index in [9.17, 15) is 9.90 Å². The summed E-state index contributed by atoms with van der Waals surface area (Å²) in [6.45, 7) is 7.70. The third kappa shape index (κ3) is 5.99. The number of methoxy groups -OCH3 is 1. The number of rotatable bonds is 11. The van der Waals surface area contributed by atoms with Gasteiger partial charge in [0, 0.05) is 49.2 Å². The number of amides is 1. The number of aliphatic hydroxyl groups excluding tert-OH is 1. The van der Waals surface area contributed by atoms with Crippen molar-refractivity contribution in [2.45, 2.75) is 52.1 Å². The third-order valence-corrected chi connectivity index (χ3v) is 8.37. The molecule has 0 bridgehead atoms. The number of fused-ring (bicyclic) bond motifs is 3. The molecule has 1 aromatic heterocycles. The van der Waals surface area contributed by atoms with Gasteiger partial charge in [0.2, 0.25) is 0 Å². The Balaban J connectivity index is 1.24. The van der Waals surface area contributed by atoms with Crippen molar-refractivity contribution in [3.05, 3.63) is 107 Å². The number of hydrogen-bond donors (Lipinski definition) is 3. The van der Waals surface area contributed by atoms with Crippen LogP contribution in [0.25, 0.3) is 21.5 Å². The van der Waals surface area contributed by atoms with Crippen molar-refractivity contribution in [3.8, 4) is 5.75 Å². The second-order valence-corrected chi connectivity index (χ2v) is 11.9. The molecule has 222 valence electrons. The summed E-state index contributed by atoms with van der Waals surface area (Å²) in [5.41, 5.74) is 4.43. The molecule has 1 aliphatic rings. The maximum atomic E-state index is 13.6. The summed E-state index contributed by atoms with van der Waals surface area (Å²) in [4.78, 5) is 16.0. The van der Waals surface area contributed by atoms with Crippen molar-refractivity contribution in [1.29, 1.82) is 0 Å². The number of nitrogens with one attached hydrogen (secondary N) is 2. The fraction of sp³-hybridized carbons (Fsp3) is 0.314. The van der Waals surface area contributed by atoms with Crippen molar-refractivity contribution in [3.63, 3.8) is 0 Å². The molecule has 0 unspecified atom stereocenters. The minimum atomic E-state index is -0.392. The molecule has 43 heavy (non-hydrogen) atoms. The van der Waals surface area contributed by atoms with Crippen molar-refractivity contribution in [2.75, 3.05) is 20.3 Å². The van der Waals surface area contributed by atoms with Crippen LogP contribution >= 0.6 is 0 Å². The van der Waals surface area contributed by atoms with Crippen molar-refractivity contribution >= 4 is 27.5 Å². The van der Waals surface area contributed by atoms with Gasteiger partial charge in [-0.3, -0.25) is 14.4 Å². The summed E-state index contributed by atoms with van der Waals surface area (Å²) >= 11 is 0. The van der Waals surface area contributed by atoms with Crippen LogP contribution in [0.5, 0.6) is 5.75 Å². The highest BCUT2D eigenvalue weighted by molar-refractivity contribution is 5.95. The second kappa shape index (κ2) is 12.2. The summed E-state index contributed by atoms with van der Waals surface area (Å²) in [7, 11) is 1.70. The van der Waals surface area contributed by atoms with Crippen LogP contribution in [0.2, 0.25) is 0 Å². The highest BCUT2D eigenvalue weighted by Gasteiger charge is 2.31. The van der Waals surface area contributed by atoms with E-state index in [0.717, 1.165) is 45.3 Å². The molecule has 0 atom stereocenters. The Hall–Kier alpha value is -4.24. The van der Waals surface area contributed by atoms with E-state index in [0.29, 0.717) is 38.4 Å². The molecular formula is C35H39N5O3. The first-order valence-corrected chi connectivity index (χ1v) is 14.8. The van der Waals surface area contributed by atoms with Gasteiger partial charge in [0.1, 0.15) is 5.75 Å². The fourth-order valence-electron chi connectivity index (χ4n) is 6.00. The zero-order chi connectivity index (χ0) is 30.0. The summed E-state index contributed by atoms with van der Waals surface area (Å²) in [5, 5.41) is 25.6. The predicted molar refractivity (Wildman–Crippen MR) is 170 cm³/mol. The second-order valence-electron chi connectivity index (χ2n) is 11.9.